The van der Waals surface area contributed by atoms with E-state index in [-0.39, 0.29) is 11.8 Å². The van der Waals surface area contributed by atoms with Gasteiger partial charge in [0, 0.05) is 5.56 Å². The molecule has 3 nitrogen and oxygen atoms in total. The zero-order chi connectivity index (χ0) is 10.1. The molecule has 0 aliphatic carbocycles. The second-order valence-corrected chi connectivity index (χ2v) is 3.03. The Morgan fingerprint density at radius 3 is 2.79 bits per heavy atom. The molecule has 1 heterocycles. The number of nitrogen functional groups attached to an aromatic ring is 1. The van der Waals surface area contributed by atoms with Crippen molar-refractivity contribution in [2.24, 2.45) is 0 Å². The second-order valence-electron chi connectivity index (χ2n) is 3.03. The van der Waals surface area contributed by atoms with E-state index < -0.39 is 0 Å². The number of nitrogens with zero attached hydrogens (tertiary/aromatic N) is 1. The third-order valence-corrected chi connectivity index (χ3v) is 1.98. The fraction of sp³-hybridized carbons (Fsp3) is 0.100. The molecule has 0 saturated heterocycles. The van der Waals surface area contributed by atoms with Crippen LogP contribution >= 0.6 is 0 Å². The molecule has 2 N–H and O–H groups in total. The van der Waals surface area contributed by atoms with Gasteiger partial charge < -0.3 is 10.2 Å². The summed E-state index contributed by atoms with van der Waals surface area (Å²) >= 11 is 0. The minimum Gasteiger partial charge on any atom is -0.432 e. The molecule has 4 heteroatoms. The van der Waals surface area contributed by atoms with Crippen molar-refractivity contribution in [3.8, 4) is 11.3 Å². The molecule has 0 aliphatic heterocycles. The van der Waals surface area contributed by atoms with Crippen LogP contribution in [0.15, 0.2) is 28.9 Å². The molecular formula is C10H9FN2O. The lowest BCUT2D eigenvalue weighted by Crippen LogP contribution is -1.86. The molecule has 1 aromatic heterocycles. The van der Waals surface area contributed by atoms with Crippen LogP contribution in [0.1, 0.15) is 5.56 Å². The molecule has 0 fully saturated rings. The van der Waals surface area contributed by atoms with E-state index in [1.807, 2.05) is 0 Å². The maximum Gasteiger partial charge on any atom is 0.292 e. The Morgan fingerprint density at radius 2 is 2.21 bits per heavy atom. The van der Waals surface area contributed by atoms with Gasteiger partial charge in [0.15, 0.2) is 0 Å². The van der Waals surface area contributed by atoms with Crippen molar-refractivity contribution in [2.45, 2.75) is 6.92 Å². The fourth-order valence-electron chi connectivity index (χ4n) is 1.22. The summed E-state index contributed by atoms with van der Waals surface area (Å²) in [6.07, 6.45) is 1.45. The van der Waals surface area contributed by atoms with Gasteiger partial charge in [0.25, 0.3) is 6.01 Å². The number of rotatable bonds is 1. The first-order valence-corrected chi connectivity index (χ1v) is 4.14. The van der Waals surface area contributed by atoms with E-state index in [1.54, 1.807) is 19.1 Å². The summed E-state index contributed by atoms with van der Waals surface area (Å²) in [4.78, 5) is 3.94. The molecule has 2 rings (SSSR count). The first kappa shape index (κ1) is 8.74. The Labute approximate surface area is 80.4 Å². The molecular weight excluding hydrogens is 183 g/mol. The van der Waals surface area contributed by atoms with E-state index in [0.717, 1.165) is 5.56 Å². The number of hydrogen-bond acceptors (Lipinski definition) is 3. The van der Waals surface area contributed by atoms with E-state index >= 15 is 0 Å². The van der Waals surface area contributed by atoms with Gasteiger partial charge in [-0.3, -0.25) is 0 Å². The average molecular weight is 192 g/mol. The van der Waals surface area contributed by atoms with Crippen LogP contribution in [0.2, 0.25) is 0 Å². The molecule has 0 unspecified atom stereocenters. The van der Waals surface area contributed by atoms with Crippen molar-refractivity contribution in [3.63, 3.8) is 0 Å². The van der Waals surface area contributed by atoms with Gasteiger partial charge >= 0.3 is 0 Å². The van der Waals surface area contributed by atoms with Crippen molar-refractivity contribution in [1.29, 1.82) is 0 Å². The highest BCUT2D eigenvalue weighted by atomic mass is 19.1. The van der Waals surface area contributed by atoms with Gasteiger partial charge in [0.05, 0.1) is 0 Å². The molecule has 0 spiro atoms. The number of aryl methyl sites for hydroxylation is 1. The summed E-state index contributed by atoms with van der Waals surface area (Å²) in [6.45, 7) is 1.70. The number of oxazole rings is 1. The van der Waals surface area contributed by atoms with Crippen molar-refractivity contribution in [2.75, 3.05) is 5.73 Å². The third-order valence-electron chi connectivity index (χ3n) is 1.98. The van der Waals surface area contributed by atoms with Gasteiger partial charge in [0.2, 0.25) is 0 Å². The number of hydrogen-bond donors (Lipinski definition) is 1. The van der Waals surface area contributed by atoms with Gasteiger partial charge in [-0.15, -0.1) is 0 Å². The van der Waals surface area contributed by atoms with Crippen LogP contribution in [0.3, 0.4) is 0 Å². The lowest BCUT2D eigenvalue weighted by atomic mass is 10.1. The Balaban J connectivity index is 2.47. The number of aromatic nitrogens is 1. The Hall–Kier alpha value is -1.84. The highest BCUT2D eigenvalue weighted by Gasteiger charge is 2.05. The lowest BCUT2D eigenvalue weighted by molar-refractivity contribution is 0.581. The predicted octanol–water partition coefficient (Wildman–Crippen LogP) is 2.37. The third kappa shape index (κ3) is 1.46. The Bertz CT molecular complexity index is 465. The summed E-state index contributed by atoms with van der Waals surface area (Å²) in [6, 6.07) is 4.85. The lowest BCUT2D eigenvalue weighted by Gasteiger charge is -1.98. The van der Waals surface area contributed by atoms with Crippen molar-refractivity contribution >= 4 is 6.01 Å². The van der Waals surface area contributed by atoms with E-state index in [4.69, 9.17) is 10.2 Å². The first-order chi connectivity index (χ1) is 6.66. The Morgan fingerprint density at radius 1 is 1.43 bits per heavy atom. The molecule has 72 valence electrons. The highest BCUT2D eigenvalue weighted by molar-refractivity contribution is 5.59. The Kier molecular flexibility index (Phi) is 1.96. The maximum absolute atomic E-state index is 13.0. The fourth-order valence-corrected chi connectivity index (χ4v) is 1.22. The monoisotopic (exact) mass is 192 g/mol. The number of nitrogens with two attached hydrogens (primary N) is 1. The highest BCUT2D eigenvalue weighted by Crippen LogP contribution is 2.21. The summed E-state index contributed by atoms with van der Waals surface area (Å²) in [5, 5.41) is 0. The van der Waals surface area contributed by atoms with Crippen LogP contribution in [-0.4, -0.2) is 4.98 Å². The van der Waals surface area contributed by atoms with Crippen LogP contribution in [0, 0.1) is 12.7 Å². The molecule has 0 bridgehead atoms. The van der Waals surface area contributed by atoms with E-state index in [9.17, 15) is 4.39 Å². The van der Waals surface area contributed by atoms with Gasteiger partial charge in [-0.2, -0.15) is 4.98 Å². The molecule has 0 radical (unpaired) electrons. The predicted molar refractivity (Wildman–Crippen MR) is 51.0 cm³/mol. The van der Waals surface area contributed by atoms with Crippen molar-refractivity contribution in [3.05, 3.63) is 35.8 Å². The first-order valence-electron chi connectivity index (χ1n) is 4.14. The zero-order valence-corrected chi connectivity index (χ0v) is 7.62. The maximum atomic E-state index is 13.0. The van der Waals surface area contributed by atoms with Crippen LogP contribution in [0.4, 0.5) is 10.4 Å². The number of anilines is 1. The largest absolute Gasteiger partial charge is 0.432 e. The van der Waals surface area contributed by atoms with Gasteiger partial charge in [-0.05, 0) is 30.7 Å². The second kappa shape index (κ2) is 3.14. The minimum absolute atomic E-state index is 0.113. The van der Waals surface area contributed by atoms with Crippen LogP contribution in [0.5, 0.6) is 0 Å². The van der Waals surface area contributed by atoms with Crippen molar-refractivity contribution < 1.29 is 8.81 Å². The van der Waals surface area contributed by atoms with Crippen LogP contribution in [0.25, 0.3) is 11.3 Å². The van der Waals surface area contributed by atoms with Crippen LogP contribution in [-0.2, 0) is 0 Å². The van der Waals surface area contributed by atoms with Crippen LogP contribution < -0.4 is 5.73 Å². The molecule has 0 saturated carbocycles. The standard InChI is InChI=1S/C10H9FN2O/c1-6-4-7(2-3-8(6)11)9-5-14-10(12)13-9/h2-5H,1H3,(H2,12,13). The topological polar surface area (TPSA) is 52.0 Å². The number of benzene rings is 1. The van der Waals surface area contributed by atoms with Gasteiger partial charge in [-0.25, -0.2) is 4.39 Å². The molecule has 2 aromatic rings. The SMILES string of the molecule is Cc1cc(-c2coc(N)n2)ccc1F. The smallest absolute Gasteiger partial charge is 0.292 e. The summed E-state index contributed by atoms with van der Waals surface area (Å²) in [5.41, 5.74) is 7.32. The molecule has 0 amide bonds. The van der Waals surface area contributed by atoms with Gasteiger partial charge in [0.1, 0.15) is 17.8 Å². The number of halogens is 1. The molecule has 0 aliphatic rings. The van der Waals surface area contributed by atoms with E-state index in [0.29, 0.717) is 11.3 Å². The quantitative estimate of drug-likeness (QED) is 0.754. The van der Waals surface area contributed by atoms with Gasteiger partial charge in [-0.1, -0.05) is 0 Å². The summed E-state index contributed by atoms with van der Waals surface area (Å²) < 4.78 is 17.8. The van der Waals surface area contributed by atoms with E-state index in [1.165, 1.54) is 12.3 Å². The summed E-state index contributed by atoms with van der Waals surface area (Å²) in [5.74, 6) is -0.231. The molecule has 1 aromatic carbocycles. The summed E-state index contributed by atoms with van der Waals surface area (Å²) in [7, 11) is 0. The van der Waals surface area contributed by atoms with Crippen molar-refractivity contribution in [1.82, 2.24) is 4.98 Å². The zero-order valence-electron chi connectivity index (χ0n) is 7.62. The molecule has 14 heavy (non-hydrogen) atoms. The van der Waals surface area contributed by atoms with E-state index in [2.05, 4.69) is 4.98 Å². The normalized spacial score (nSPS) is 10.4. The average Bonchev–Trinajstić information content (AvgIpc) is 2.57. The minimum atomic E-state index is -0.231. The molecule has 0 atom stereocenters.